The summed E-state index contributed by atoms with van der Waals surface area (Å²) in [6.07, 6.45) is -3.53. The van der Waals surface area contributed by atoms with Gasteiger partial charge in [0.2, 0.25) is 0 Å². The average Bonchev–Trinajstić information content (AvgIpc) is 3.03. The van der Waals surface area contributed by atoms with Crippen LogP contribution in [0, 0.1) is 0 Å². The van der Waals surface area contributed by atoms with E-state index >= 15 is 0 Å². The summed E-state index contributed by atoms with van der Waals surface area (Å²) >= 11 is 0. The first-order chi connectivity index (χ1) is 18.9. The van der Waals surface area contributed by atoms with Gasteiger partial charge in [0.25, 0.3) is 0 Å². The van der Waals surface area contributed by atoms with Crippen molar-refractivity contribution in [2.24, 2.45) is 0 Å². The van der Waals surface area contributed by atoms with Crippen molar-refractivity contribution < 1.29 is 32.2 Å². The predicted octanol–water partition coefficient (Wildman–Crippen LogP) is 6.09. The molecular formula is C31H32F3NO4. The van der Waals surface area contributed by atoms with Crippen LogP contribution in [0.2, 0.25) is 0 Å². The molecule has 3 atom stereocenters. The van der Waals surface area contributed by atoms with Gasteiger partial charge >= 0.3 is 12.1 Å². The van der Waals surface area contributed by atoms with Gasteiger partial charge in [-0.2, -0.15) is 13.2 Å². The Balaban J connectivity index is 1.63. The lowest BCUT2D eigenvalue weighted by molar-refractivity contribution is -0.190. The Bertz CT molecular complexity index is 1170. The summed E-state index contributed by atoms with van der Waals surface area (Å²) in [4.78, 5) is 13.1. The zero-order valence-corrected chi connectivity index (χ0v) is 21.5. The van der Waals surface area contributed by atoms with Gasteiger partial charge in [0.1, 0.15) is 18.3 Å². The first-order valence-electron chi connectivity index (χ1n) is 12.9. The molecule has 0 aliphatic carbocycles. The van der Waals surface area contributed by atoms with Crippen molar-refractivity contribution in [2.45, 2.75) is 50.7 Å². The quantitative estimate of drug-likeness (QED) is 0.309. The Labute approximate surface area is 226 Å². The molecule has 4 rings (SSSR count). The molecule has 1 aliphatic heterocycles. The summed E-state index contributed by atoms with van der Waals surface area (Å²) in [5.41, 5.74) is 2.70. The number of nitrogens with zero attached hydrogens (tertiary/aromatic N) is 1. The Morgan fingerprint density at radius 3 is 1.74 bits per heavy atom. The molecule has 0 N–H and O–H groups in total. The minimum Gasteiger partial charge on any atom is -0.369 e. The van der Waals surface area contributed by atoms with E-state index in [9.17, 15) is 18.0 Å². The lowest BCUT2D eigenvalue weighted by Gasteiger charge is -2.35. The molecule has 3 aromatic rings. The van der Waals surface area contributed by atoms with E-state index in [0.717, 1.165) is 21.6 Å². The van der Waals surface area contributed by atoms with Gasteiger partial charge in [0.15, 0.2) is 0 Å². The van der Waals surface area contributed by atoms with Crippen LogP contribution >= 0.6 is 0 Å². The zero-order valence-electron chi connectivity index (χ0n) is 21.5. The van der Waals surface area contributed by atoms with Gasteiger partial charge in [-0.3, -0.25) is 4.79 Å². The third-order valence-electron chi connectivity index (χ3n) is 6.39. The van der Waals surface area contributed by atoms with Crippen molar-refractivity contribution in [1.29, 1.82) is 0 Å². The summed E-state index contributed by atoms with van der Waals surface area (Å²) in [5.74, 6) is -1.89. The number of halogens is 3. The Hall–Kier alpha value is -3.46. The second kappa shape index (κ2) is 14.1. The molecular weight excluding hydrogens is 507 g/mol. The van der Waals surface area contributed by atoms with Crippen molar-refractivity contribution in [3.8, 4) is 0 Å². The molecule has 0 fully saturated rings. The molecule has 206 valence electrons. The molecule has 8 heteroatoms. The summed E-state index contributed by atoms with van der Waals surface area (Å²) in [6, 6.07) is 28.4. The van der Waals surface area contributed by atoms with Crippen LogP contribution in [0.15, 0.2) is 103 Å². The lowest BCUT2D eigenvalue weighted by atomic mass is 10.1. The number of hydrogen-bond acceptors (Lipinski definition) is 4. The molecule has 39 heavy (non-hydrogen) atoms. The molecule has 0 unspecified atom stereocenters. The molecule has 0 bridgehead atoms. The van der Waals surface area contributed by atoms with Gasteiger partial charge in [0, 0.05) is 13.1 Å². The molecule has 1 aliphatic rings. The van der Waals surface area contributed by atoms with Crippen LogP contribution in [0.3, 0.4) is 0 Å². The third kappa shape index (κ3) is 8.78. The molecule has 1 heterocycles. The predicted molar refractivity (Wildman–Crippen MR) is 141 cm³/mol. The van der Waals surface area contributed by atoms with Gasteiger partial charge in [-0.05, 0) is 23.1 Å². The third-order valence-corrected chi connectivity index (χ3v) is 6.39. The van der Waals surface area contributed by atoms with Crippen LogP contribution in [0.4, 0.5) is 13.2 Å². The maximum Gasteiger partial charge on any atom is 0.471 e. The molecule has 3 aromatic carbocycles. The summed E-state index contributed by atoms with van der Waals surface area (Å²) < 4.78 is 59.4. The van der Waals surface area contributed by atoms with Crippen LogP contribution in [0.5, 0.6) is 0 Å². The van der Waals surface area contributed by atoms with E-state index in [-0.39, 0.29) is 39.3 Å². The topological polar surface area (TPSA) is 48.0 Å². The fourth-order valence-corrected chi connectivity index (χ4v) is 4.37. The minimum absolute atomic E-state index is 0.100. The normalized spacial score (nSPS) is 20.2. The fourth-order valence-electron chi connectivity index (χ4n) is 4.37. The molecule has 0 spiro atoms. The Morgan fingerprint density at radius 1 is 0.744 bits per heavy atom. The summed E-state index contributed by atoms with van der Waals surface area (Å²) in [6.45, 7) is 0.217. The maximum atomic E-state index is 13.5. The van der Waals surface area contributed by atoms with Crippen molar-refractivity contribution in [3.05, 3.63) is 120 Å². The number of carbonyl (C=O) groups excluding carboxylic acids is 1. The Kier molecular flexibility index (Phi) is 10.3. The second-order valence-electron chi connectivity index (χ2n) is 9.32. The van der Waals surface area contributed by atoms with Crippen molar-refractivity contribution >= 4 is 5.91 Å². The van der Waals surface area contributed by atoms with Crippen LogP contribution in [0.1, 0.15) is 23.1 Å². The van der Waals surface area contributed by atoms with E-state index in [0.29, 0.717) is 0 Å². The van der Waals surface area contributed by atoms with E-state index < -0.39 is 30.4 Å². The summed E-state index contributed by atoms with van der Waals surface area (Å²) in [7, 11) is 0. The minimum atomic E-state index is -4.99. The molecule has 0 radical (unpaired) electrons. The smallest absolute Gasteiger partial charge is 0.369 e. The van der Waals surface area contributed by atoms with E-state index in [1.54, 1.807) is 12.2 Å². The maximum absolute atomic E-state index is 13.5. The standard InChI is InChI=1S/C31H32F3NO4/c32-31(33,34)30(36)35-19-11-10-18-27(37-21-24-12-4-1-5-13-24)29(39-23-26-16-8-3-9-17-26)28(20-35)38-22-25-14-6-2-7-15-25/h1-10,12-18,27-29H,11,19-23H2/t27-,28+,29+/m1/s1. The van der Waals surface area contributed by atoms with Crippen molar-refractivity contribution in [1.82, 2.24) is 4.90 Å². The SMILES string of the molecule is O=C(N1CCC=C[C@@H](OCc2ccccc2)[C@H](OCc2ccccc2)[C@@H](OCc2ccccc2)C1)C(F)(F)F. The fraction of sp³-hybridized carbons (Fsp3) is 0.323. The average molecular weight is 540 g/mol. The summed E-state index contributed by atoms with van der Waals surface area (Å²) in [5, 5.41) is 0. The molecule has 1 amide bonds. The van der Waals surface area contributed by atoms with Crippen LogP contribution in [-0.2, 0) is 38.8 Å². The van der Waals surface area contributed by atoms with Crippen LogP contribution in [-0.4, -0.2) is 48.4 Å². The van der Waals surface area contributed by atoms with E-state index in [1.165, 1.54) is 0 Å². The van der Waals surface area contributed by atoms with Crippen LogP contribution < -0.4 is 0 Å². The number of alkyl halides is 3. The molecule has 0 saturated carbocycles. The van der Waals surface area contributed by atoms with Crippen LogP contribution in [0.25, 0.3) is 0 Å². The monoisotopic (exact) mass is 539 g/mol. The highest BCUT2D eigenvalue weighted by molar-refractivity contribution is 5.81. The zero-order chi connectivity index (χ0) is 27.5. The van der Waals surface area contributed by atoms with E-state index in [2.05, 4.69) is 0 Å². The van der Waals surface area contributed by atoms with E-state index in [4.69, 9.17) is 14.2 Å². The molecule has 0 aromatic heterocycles. The number of benzene rings is 3. The number of hydrogen-bond donors (Lipinski definition) is 0. The Morgan fingerprint density at radius 2 is 1.23 bits per heavy atom. The van der Waals surface area contributed by atoms with Crippen molar-refractivity contribution in [3.63, 3.8) is 0 Å². The van der Waals surface area contributed by atoms with E-state index in [1.807, 2.05) is 91.0 Å². The first-order valence-corrected chi connectivity index (χ1v) is 12.9. The van der Waals surface area contributed by atoms with Gasteiger partial charge < -0.3 is 19.1 Å². The second-order valence-corrected chi connectivity index (χ2v) is 9.32. The number of amides is 1. The van der Waals surface area contributed by atoms with Gasteiger partial charge in [0.05, 0.1) is 19.8 Å². The lowest BCUT2D eigenvalue weighted by Crippen LogP contribution is -2.51. The first kappa shape index (κ1) is 28.5. The van der Waals surface area contributed by atoms with Crippen molar-refractivity contribution in [2.75, 3.05) is 13.1 Å². The van der Waals surface area contributed by atoms with Gasteiger partial charge in [-0.15, -0.1) is 0 Å². The highest BCUT2D eigenvalue weighted by Crippen LogP contribution is 2.25. The molecule has 0 saturated heterocycles. The van der Waals surface area contributed by atoms with Gasteiger partial charge in [-0.1, -0.05) is 103 Å². The van der Waals surface area contributed by atoms with Gasteiger partial charge in [-0.25, -0.2) is 0 Å². The number of carbonyl (C=O) groups is 1. The largest absolute Gasteiger partial charge is 0.471 e. The molecule has 5 nitrogen and oxygen atoms in total. The number of ether oxygens (including phenoxy) is 3. The number of rotatable bonds is 9. The highest BCUT2D eigenvalue weighted by Gasteiger charge is 2.44. The highest BCUT2D eigenvalue weighted by atomic mass is 19.4.